The highest BCUT2D eigenvalue weighted by Gasteiger charge is 2.16. The SMILES string of the molecule is c1nc(NCC2CCCO2)cc(N2CCCCCC2)n1. The van der Waals surface area contributed by atoms with Gasteiger partial charge in [-0.3, -0.25) is 0 Å². The van der Waals surface area contributed by atoms with Crippen LogP contribution in [-0.4, -0.2) is 42.3 Å². The minimum absolute atomic E-state index is 0.339. The summed E-state index contributed by atoms with van der Waals surface area (Å²) >= 11 is 0. The third-order valence-electron chi connectivity index (χ3n) is 4.12. The van der Waals surface area contributed by atoms with Crippen LogP contribution in [0.3, 0.4) is 0 Å². The maximum Gasteiger partial charge on any atom is 0.134 e. The Morgan fingerprint density at radius 3 is 2.75 bits per heavy atom. The van der Waals surface area contributed by atoms with Crippen molar-refractivity contribution in [3.8, 4) is 0 Å². The number of nitrogens with one attached hydrogen (secondary N) is 1. The fraction of sp³-hybridized carbons (Fsp3) is 0.733. The minimum atomic E-state index is 0.339. The molecule has 110 valence electrons. The van der Waals surface area contributed by atoms with E-state index < -0.39 is 0 Å². The van der Waals surface area contributed by atoms with Gasteiger partial charge in [0.25, 0.3) is 0 Å². The number of anilines is 2. The second-order valence-electron chi connectivity index (χ2n) is 5.68. The predicted molar refractivity (Wildman–Crippen MR) is 80.2 cm³/mol. The second-order valence-corrected chi connectivity index (χ2v) is 5.68. The van der Waals surface area contributed by atoms with Crippen molar-refractivity contribution in [1.82, 2.24) is 9.97 Å². The largest absolute Gasteiger partial charge is 0.376 e. The lowest BCUT2D eigenvalue weighted by Gasteiger charge is -2.21. The summed E-state index contributed by atoms with van der Waals surface area (Å²) in [5.41, 5.74) is 0. The highest BCUT2D eigenvalue weighted by molar-refractivity contribution is 5.48. The van der Waals surface area contributed by atoms with Gasteiger partial charge in [0, 0.05) is 32.3 Å². The van der Waals surface area contributed by atoms with Crippen LogP contribution in [0.25, 0.3) is 0 Å². The summed E-state index contributed by atoms with van der Waals surface area (Å²) in [6.45, 7) is 3.97. The Kier molecular flexibility index (Phi) is 4.69. The van der Waals surface area contributed by atoms with Gasteiger partial charge in [0.05, 0.1) is 6.10 Å². The highest BCUT2D eigenvalue weighted by atomic mass is 16.5. The average Bonchev–Trinajstić information content (AvgIpc) is 2.86. The topological polar surface area (TPSA) is 50.3 Å². The van der Waals surface area contributed by atoms with Crippen molar-refractivity contribution in [1.29, 1.82) is 0 Å². The summed E-state index contributed by atoms with van der Waals surface area (Å²) in [4.78, 5) is 11.1. The number of hydrogen-bond donors (Lipinski definition) is 1. The smallest absolute Gasteiger partial charge is 0.134 e. The van der Waals surface area contributed by atoms with E-state index in [9.17, 15) is 0 Å². The second kappa shape index (κ2) is 6.88. The molecule has 0 aromatic carbocycles. The Hall–Kier alpha value is -1.36. The van der Waals surface area contributed by atoms with Crippen LogP contribution < -0.4 is 10.2 Å². The summed E-state index contributed by atoms with van der Waals surface area (Å²) in [5.74, 6) is 1.96. The summed E-state index contributed by atoms with van der Waals surface area (Å²) < 4.78 is 5.62. The molecule has 5 heteroatoms. The molecule has 0 saturated carbocycles. The van der Waals surface area contributed by atoms with Gasteiger partial charge in [-0.25, -0.2) is 9.97 Å². The first-order valence-electron chi connectivity index (χ1n) is 7.84. The van der Waals surface area contributed by atoms with E-state index in [0.29, 0.717) is 6.10 Å². The monoisotopic (exact) mass is 276 g/mol. The summed E-state index contributed by atoms with van der Waals surface area (Å²) in [6, 6.07) is 2.07. The lowest BCUT2D eigenvalue weighted by atomic mass is 10.2. The Morgan fingerprint density at radius 2 is 2.00 bits per heavy atom. The van der Waals surface area contributed by atoms with Crippen LogP contribution in [0.2, 0.25) is 0 Å². The quantitative estimate of drug-likeness (QED) is 0.915. The Morgan fingerprint density at radius 1 is 1.15 bits per heavy atom. The van der Waals surface area contributed by atoms with E-state index in [-0.39, 0.29) is 0 Å². The molecule has 1 N–H and O–H groups in total. The van der Waals surface area contributed by atoms with Crippen LogP contribution in [0.15, 0.2) is 12.4 Å². The molecule has 3 rings (SSSR count). The Labute approximate surface area is 120 Å². The zero-order valence-electron chi connectivity index (χ0n) is 12.1. The maximum atomic E-state index is 5.62. The normalized spacial score (nSPS) is 23.6. The van der Waals surface area contributed by atoms with Crippen molar-refractivity contribution in [2.24, 2.45) is 0 Å². The van der Waals surface area contributed by atoms with E-state index in [1.165, 1.54) is 32.1 Å². The van der Waals surface area contributed by atoms with Gasteiger partial charge in [-0.15, -0.1) is 0 Å². The molecule has 0 amide bonds. The van der Waals surface area contributed by atoms with Gasteiger partial charge in [0.2, 0.25) is 0 Å². The van der Waals surface area contributed by atoms with E-state index >= 15 is 0 Å². The van der Waals surface area contributed by atoms with E-state index in [0.717, 1.165) is 44.3 Å². The minimum Gasteiger partial charge on any atom is -0.376 e. The standard InChI is InChI=1S/C15H24N4O/c1-2-4-8-19(7-3-1)15-10-14(17-12-18-15)16-11-13-6-5-9-20-13/h10,12-13H,1-9,11H2,(H,16,17,18). The van der Waals surface area contributed by atoms with Crippen molar-refractivity contribution in [3.63, 3.8) is 0 Å². The van der Waals surface area contributed by atoms with Crippen LogP contribution in [0.1, 0.15) is 38.5 Å². The van der Waals surface area contributed by atoms with Gasteiger partial charge in [-0.05, 0) is 25.7 Å². The number of aromatic nitrogens is 2. The fourth-order valence-corrected chi connectivity index (χ4v) is 2.94. The molecule has 5 nitrogen and oxygen atoms in total. The van der Waals surface area contributed by atoms with Gasteiger partial charge in [-0.1, -0.05) is 12.8 Å². The van der Waals surface area contributed by atoms with Crippen LogP contribution in [-0.2, 0) is 4.74 Å². The molecule has 2 aliphatic rings. The molecule has 0 aliphatic carbocycles. The molecule has 0 bridgehead atoms. The third kappa shape index (κ3) is 3.60. The van der Waals surface area contributed by atoms with Gasteiger partial charge in [-0.2, -0.15) is 0 Å². The molecule has 1 unspecified atom stereocenters. The van der Waals surface area contributed by atoms with Gasteiger partial charge in [0.15, 0.2) is 0 Å². The zero-order valence-corrected chi connectivity index (χ0v) is 12.1. The molecule has 0 radical (unpaired) electrons. The van der Waals surface area contributed by atoms with Gasteiger partial charge >= 0.3 is 0 Å². The number of hydrogen-bond acceptors (Lipinski definition) is 5. The van der Waals surface area contributed by atoms with Crippen molar-refractivity contribution < 1.29 is 4.74 Å². The first kappa shape index (κ1) is 13.6. The molecule has 2 fully saturated rings. The molecular formula is C15H24N4O. The Balaban J connectivity index is 1.59. The maximum absolute atomic E-state index is 5.62. The van der Waals surface area contributed by atoms with Crippen LogP contribution in [0, 0.1) is 0 Å². The third-order valence-corrected chi connectivity index (χ3v) is 4.12. The molecule has 2 saturated heterocycles. The molecule has 2 aliphatic heterocycles. The van der Waals surface area contributed by atoms with Crippen molar-refractivity contribution in [2.45, 2.75) is 44.6 Å². The summed E-state index contributed by atoms with van der Waals surface area (Å²) in [5, 5.41) is 3.38. The van der Waals surface area contributed by atoms with Crippen molar-refractivity contribution >= 4 is 11.6 Å². The molecule has 1 aromatic heterocycles. The zero-order chi connectivity index (χ0) is 13.6. The first-order valence-corrected chi connectivity index (χ1v) is 7.84. The molecule has 0 spiro atoms. The van der Waals surface area contributed by atoms with Crippen molar-refractivity contribution in [2.75, 3.05) is 36.5 Å². The summed E-state index contributed by atoms with van der Waals surface area (Å²) in [7, 11) is 0. The average molecular weight is 276 g/mol. The predicted octanol–water partition coefficient (Wildman–Crippen LogP) is 2.45. The fourth-order valence-electron chi connectivity index (χ4n) is 2.94. The van der Waals surface area contributed by atoms with Crippen LogP contribution in [0.5, 0.6) is 0 Å². The molecule has 3 heterocycles. The van der Waals surface area contributed by atoms with E-state index in [4.69, 9.17) is 4.74 Å². The highest BCUT2D eigenvalue weighted by Crippen LogP contribution is 2.19. The van der Waals surface area contributed by atoms with Gasteiger partial charge < -0.3 is 15.0 Å². The van der Waals surface area contributed by atoms with E-state index in [2.05, 4.69) is 26.3 Å². The first-order chi connectivity index (χ1) is 9.92. The number of ether oxygens (including phenoxy) is 1. The molecule has 1 atom stereocenters. The number of rotatable bonds is 4. The van der Waals surface area contributed by atoms with Crippen LogP contribution in [0.4, 0.5) is 11.6 Å². The lowest BCUT2D eigenvalue weighted by Crippen LogP contribution is -2.25. The van der Waals surface area contributed by atoms with E-state index in [1.807, 2.05) is 0 Å². The van der Waals surface area contributed by atoms with Crippen molar-refractivity contribution in [3.05, 3.63) is 12.4 Å². The van der Waals surface area contributed by atoms with Crippen LogP contribution >= 0.6 is 0 Å². The molecular weight excluding hydrogens is 252 g/mol. The van der Waals surface area contributed by atoms with E-state index in [1.54, 1.807) is 6.33 Å². The Bertz CT molecular complexity index is 412. The molecule has 1 aromatic rings. The summed E-state index contributed by atoms with van der Waals surface area (Å²) in [6.07, 6.45) is 9.54. The van der Waals surface area contributed by atoms with Gasteiger partial charge in [0.1, 0.15) is 18.0 Å². The number of nitrogens with zero attached hydrogens (tertiary/aromatic N) is 3. The lowest BCUT2D eigenvalue weighted by molar-refractivity contribution is 0.120. The molecule has 20 heavy (non-hydrogen) atoms.